The molecule has 1 aromatic carbocycles. The quantitative estimate of drug-likeness (QED) is 0.703. The Balaban J connectivity index is 1.86. The highest BCUT2D eigenvalue weighted by Gasteiger charge is 2.02. The van der Waals surface area contributed by atoms with Crippen LogP contribution in [0.5, 0.6) is 0 Å². The molecule has 0 aliphatic carbocycles. The number of rotatable bonds is 3. The Morgan fingerprint density at radius 3 is 3.19 bits per heavy atom. The predicted octanol–water partition coefficient (Wildman–Crippen LogP) is 2.77. The molecule has 0 fully saturated rings. The fraction of sp³-hybridized carbons (Fsp3) is 0.0833. The molecule has 2 aromatic heterocycles. The number of nitrogens with one attached hydrogen (secondary N) is 2. The van der Waals surface area contributed by atoms with Crippen LogP contribution >= 0.6 is 0 Å². The molecule has 0 bridgehead atoms. The van der Waals surface area contributed by atoms with Gasteiger partial charge in [-0.05, 0) is 12.1 Å². The molecular formula is C12H11N3O. The van der Waals surface area contributed by atoms with Crippen LogP contribution < -0.4 is 5.32 Å². The number of aromatic amines is 1. The Bertz CT molecular complexity index is 583. The second kappa shape index (κ2) is 3.73. The number of anilines is 1. The summed E-state index contributed by atoms with van der Waals surface area (Å²) in [5.41, 5.74) is 3.21. The van der Waals surface area contributed by atoms with Crippen molar-refractivity contribution in [1.29, 1.82) is 0 Å². The van der Waals surface area contributed by atoms with Crippen LogP contribution in [0.25, 0.3) is 10.9 Å². The number of furan rings is 1. The summed E-state index contributed by atoms with van der Waals surface area (Å²) in [7, 11) is 0. The Morgan fingerprint density at radius 2 is 2.31 bits per heavy atom. The molecule has 80 valence electrons. The van der Waals surface area contributed by atoms with Gasteiger partial charge < -0.3 is 9.73 Å². The lowest BCUT2D eigenvalue weighted by Gasteiger charge is -2.05. The Morgan fingerprint density at radius 1 is 1.31 bits per heavy atom. The minimum atomic E-state index is 0.745. The van der Waals surface area contributed by atoms with E-state index in [1.165, 1.54) is 0 Å². The average molecular weight is 213 g/mol. The van der Waals surface area contributed by atoms with Crippen LogP contribution in [0.3, 0.4) is 0 Å². The van der Waals surface area contributed by atoms with Gasteiger partial charge in [-0.15, -0.1) is 0 Å². The molecule has 2 heterocycles. The van der Waals surface area contributed by atoms with Crippen molar-refractivity contribution < 1.29 is 4.42 Å². The molecule has 3 aromatic rings. The highest BCUT2D eigenvalue weighted by Crippen LogP contribution is 2.20. The van der Waals surface area contributed by atoms with Gasteiger partial charge in [-0.25, -0.2) is 0 Å². The zero-order valence-corrected chi connectivity index (χ0v) is 8.60. The van der Waals surface area contributed by atoms with Gasteiger partial charge in [-0.2, -0.15) is 5.10 Å². The number of fused-ring (bicyclic) bond motifs is 1. The fourth-order valence-electron chi connectivity index (χ4n) is 1.71. The van der Waals surface area contributed by atoms with Crippen molar-refractivity contribution in [1.82, 2.24) is 10.2 Å². The molecule has 4 heteroatoms. The number of nitrogens with zero attached hydrogens (tertiary/aromatic N) is 1. The van der Waals surface area contributed by atoms with E-state index < -0.39 is 0 Å². The number of aromatic nitrogens is 2. The number of para-hydroxylation sites is 1. The van der Waals surface area contributed by atoms with Gasteiger partial charge in [0, 0.05) is 17.5 Å². The van der Waals surface area contributed by atoms with Gasteiger partial charge in [0.1, 0.15) is 0 Å². The van der Waals surface area contributed by atoms with E-state index in [0.717, 1.165) is 28.7 Å². The standard InChI is InChI=1S/C12H11N3O/c1-2-10-7-14-15-12(10)11(3-1)13-6-9-4-5-16-8-9/h1-5,7-8,13H,6H2,(H,14,15). The number of hydrogen-bond donors (Lipinski definition) is 2. The molecule has 3 rings (SSSR count). The molecule has 0 aliphatic heterocycles. The number of H-pyrrole nitrogens is 1. The summed E-state index contributed by atoms with van der Waals surface area (Å²) in [6.45, 7) is 0.745. The van der Waals surface area contributed by atoms with E-state index in [-0.39, 0.29) is 0 Å². The van der Waals surface area contributed by atoms with E-state index in [9.17, 15) is 0 Å². The van der Waals surface area contributed by atoms with Crippen LogP contribution in [0.15, 0.2) is 47.4 Å². The molecule has 0 unspecified atom stereocenters. The van der Waals surface area contributed by atoms with Gasteiger partial charge in [0.05, 0.1) is 29.9 Å². The third-order valence-electron chi connectivity index (χ3n) is 2.54. The summed E-state index contributed by atoms with van der Waals surface area (Å²) in [5, 5.41) is 11.5. The molecule has 0 atom stereocenters. The van der Waals surface area contributed by atoms with E-state index in [1.807, 2.05) is 30.5 Å². The summed E-state index contributed by atoms with van der Waals surface area (Å²) in [5.74, 6) is 0. The molecular weight excluding hydrogens is 202 g/mol. The summed E-state index contributed by atoms with van der Waals surface area (Å²) in [4.78, 5) is 0. The van der Waals surface area contributed by atoms with Crippen molar-refractivity contribution in [2.24, 2.45) is 0 Å². The highest BCUT2D eigenvalue weighted by atomic mass is 16.3. The van der Waals surface area contributed by atoms with Crippen molar-refractivity contribution in [2.45, 2.75) is 6.54 Å². The monoisotopic (exact) mass is 213 g/mol. The normalized spacial score (nSPS) is 10.8. The summed E-state index contributed by atoms with van der Waals surface area (Å²) in [6.07, 6.45) is 5.23. The Labute approximate surface area is 92.3 Å². The first-order valence-electron chi connectivity index (χ1n) is 5.10. The fourth-order valence-corrected chi connectivity index (χ4v) is 1.71. The largest absolute Gasteiger partial charge is 0.472 e. The zero-order chi connectivity index (χ0) is 10.8. The predicted molar refractivity (Wildman–Crippen MR) is 62.1 cm³/mol. The second-order valence-corrected chi connectivity index (χ2v) is 3.62. The van der Waals surface area contributed by atoms with E-state index >= 15 is 0 Å². The highest BCUT2D eigenvalue weighted by molar-refractivity contribution is 5.89. The van der Waals surface area contributed by atoms with Crippen molar-refractivity contribution >= 4 is 16.6 Å². The summed E-state index contributed by atoms with van der Waals surface area (Å²) in [6, 6.07) is 8.01. The summed E-state index contributed by atoms with van der Waals surface area (Å²) < 4.78 is 5.02. The SMILES string of the molecule is c1cc(NCc2ccoc2)c2[nH]ncc2c1. The third-order valence-corrected chi connectivity index (χ3v) is 2.54. The second-order valence-electron chi connectivity index (χ2n) is 3.62. The maximum atomic E-state index is 5.02. The lowest BCUT2D eigenvalue weighted by atomic mass is 10.2. The van der Waals surface area contributed by atoms with Gasteiger partial charge in [0.25, 0.3) is 0 Å². The molecule has 16 heavy (non-hydrogen) atoms. The van der Waals surface area contributed by atoms with Gasteiger partial charge in [-0.3, -0.25) is 5.10 Å². The van der Waals surface area contributed by atoms with E-state index in [0.29, 0.717) is 0 Å². The Hall–Kier alpha value is -2.23. The molecule has 0 spiro atoms. The first-order valence-corrected chi connectivity index (χ1v) is 5.10. The maximum Gasteiger partial charge on any atom is 0.0952 e. The molecule has 0 saturated heterocycles. The van der Waals surface area contributed by atoms with Crippen LogP contribution in [0.1, 0.15) is 5.56 Å². The topological polar surface area (TPSA) is 53.9 Å². The lowest BCUT2D eigenvalue weighted by Crippen LogP contribution is -1.98. The van der Waals surface area contributed by atoms with Gasteiger partial charge in [-0.1, -0.05) is 12.1 Å². The molecule has 0 radical (unpaired) electrons. The third kappa shape index (κ3) is 1.54. The maximum absolute atomic E-state index is 5.02. The van der Waals surface area contributed by atoms with Crippen molar-refractivity contribution in [2.75, 3.05) is 5.32 Å². The van der Waals surface area contributed by atoms with Crippen molar-refractivity contribution in [3.05, 3.63) is 48.6 Å². The van der Waals surface area contributed by atoms with Gasteiger partial charge in [0.2, 0.25) is 0 Å². The minimum Gasteiger partial charge on any atom is -0.472 e. The van der Waals surface area contributed by atoms with Crippen LogP contribution in [-0.4, -0.2) is 10.2 Å². The molecule has 0 amide bonds. The Kier molecular flexibility index (Phi) is 2.11. The molecule has 0 saturated carbocycles. The number of benzene rings is 1. The first-order chi connectivity index (χ1) is 7.93. The zero-order valence-electron chi connectivity index (χ0n) is 8.60. The van der Waals surface area contributed by atoms with E-state index in [1.54, 1.807) is 12.5 Å². The smallest absolute Gasteiger partial charge is 0.0952 e. The van der Waals surface area contributed by atoms with Crippen LogP contribution in [-0.2, 0) is 6.54 Å². The average Bonchev–Trinajstić information content (AvgIpc) is 2.97. The molecule has 4 nitrogen and oxygen atoms in total. The minimum absolute atomic E-state index is 0.745. The molecule has 2 N–H and O–H groups in total. The lowest BCUT2D eigenvalue weighted by molar-refractivity contribution is 0.564. The van der Waals surface area contributed by atoms with Crippen molar-refractivity contribution in [3.8, 4) is 0 Å². The first kappa shape index (κ1) is 9.03. The van der Waals surface area contributed by atoms with E-state index in [4.69, 9.17) is 4.42 Å². The van der Waals surface area contributed by atoms with Gasteiger partial charge >= 0.3 is 0 Å². The summed E-state index contributed by atoms with van der Waals surface area (Å²) >= 11 is 0. The van der Waals surface area contributed by atoms with Gasteiger partial charge in [0.15, 0.2) is 0 Å². The van der Waals surface area contributed by atoms with Crippen LogP contribution in [0, 0.1) is 0 Å². The van der Waals surface area contributed by atoms with Crippen LogP contribution in [0.4, 0.5) is 5.69 Å². The van der Waals surface area contributed by atoms with E-state index in [2.05, 4.69) is 15.5 Å². The van der Waals surface area contributed by atoms with Crippen molar-refractivity contribution in [3.63, 3.8) is 0 Å². The number of hydrogen-bond acceptors (Lipinski definition) is 3. The van der Waals surface area contributed by atoms with Crippen LogP contribution in [0.2, 0.25) is 0 Å². The molecule has 0 aliphatic rings.